The molecule has 0 heterocycles. The van der Waals surface area contributed by atoms with Crippen molar-refractivity contribution in [3.8, 4) is 0 Å². The molecule has 1 aliphatic carbocycles. The molecule has 0 N–H and O–H groups in total. The summed E-state index contributed by atoms with van der Waals surface area (Å²) in [6.45, 7) is 17.6. The van der Waals surface area contributed by atoms with Crippen LogP contribution in [0.1, 0.15) is 66.8 Å². The maximum absolute atomic E-state index is 3.56. The molecule has 0 nitrogen and oxygen atoms in total. The normalized spacial score (nSPS) is 14.4. The quantitative estimate of drug-likeness (QED) is 0.494. The van der Waals surface area contributed by atoms with Gasteiger partial charge in [-0.2, -0.15) is 0 Å². The van der Waals surface area contributed by atoms with Crippen molar-refractivity contribution in [3.05, 3.63) is 95.1 Å². The van der Waals surface area contributed by atoms with Crippen LogP contribution in [0.2, 0.25) is 0 Å². The predicted molar refractivity (Wildman–Crippen MR) is 116 cm³/mol. The van der Waals surface area contributed by atoms with Gasteiger partial charge in [0.1, 0.15) is 0 Å². The molecule has 138 valence electrons. The monoisotopic (exact) mass is 346 g/mol. The van der Waals surface area contributed by atoms with Crippen LogP contribution in [0.25, 0.3) is 0 Å². The van der Waals surface area contributed by atoms with Crippen LogP contribution >= 0.6 is 0 Å². The van der Waals surface area contributed by atoms with E-state index in [1.54, 1.807) is 6.08 Å². The molecule has 0 saturated heterocycles. The van der Waals surface area contributed by atoms with Crippen molar-refractivity contribution in [2.45, 2.75) is 66.2 Å². The highest BCUT2D eigenvalue weighted by Gasteiger charge is 2.17. The molecule has 0 fully saturated rings. The molecule has 2 aromatic carbocycles. The van der Waals surface area contributed by atoms with E-state index in [0.717, 1.165) is 11.5 Å². The lowest BCUT2D eigenvalue weighted by Crippen LogP contribution is -2.07. The van der Waals surface area contributed by atoms with Gasteiger partial charge in [-0.3, -0.25) is 0 Å². The third-order valence-corrected chi connectivity index (χ3v) is 4.87. The summed E-state index contributed by atoms with van der Waals surface area (Å²) < 4.78 is 0. The van der Waals surface area contributed by atoms with E-state index in [1.165, 1.54) is 53.5 Å². The van der Waals surface area contributed by atoms with Crippen molar-refractivity contribution in [2.75, 3.05) is 0 Å². The van der Waals surface area contributed by atoms with Crippen LogP contribution < -0.4 is 0 Å². The molecule has 26 heavy (non-hydrogen) atoms. The maximum Gasteiger partial charge on any atom is -0.00774 e. The Morgan fingerprint density at radius 3 is 2.35 bits per heavy atom. The highest BCUT2D eigenvalue weighted by molar-refractivity contribution is 5.30. The standard InChI is InChI=1S/C12H14.C9H12.C5H8/c1-2-10-7-5-8-11-6-3-4-9-12(10)11;1-7-4-5-8(2)9(3)6-7;1-4-5(2)3/h6,9-10H,2,5,7-8H2,1H3;4-6H,1-3H3;4H,1-2H2,3H3. The Hall–Kier alpha value is -2.26. The first-order chi connectivity index (χ1) is 12.4. The van der Waals surface area contributed by atoms with Gasteiger partial charge in [0.25, 0.3) is 0 Å². The van der Waals surface area contributed by atoms with E-state index in [0.29, 0.717) is 0 Å². The molecule has 0 spiro atoms. The molecular weight excluding hydrogens is 312 g/mol. The van der Waals surface area contributed by atoms with Crippen LogP contribution in [0, 0.1) is 32.9 Å². The van der Waals surface area contributed by atoms with Crippen molar-refractivity contribution in [2.24, 2.45) is 0 Å². The van der Waals surface area contributed by atoms with E-state index in [1.807, 2.05) is 6.92 Å². The third kappa shape index (κ3) is 7.32. The van der Waals surface area contributed by atoms with Gasteiger partial charge in [-0.15, -0.1) is 0 Å². The van der Waals surface area contributed by atoms with Gasteiger partial charge in [-0.1, -0.05) is 67.6 Å². The maximum atomic E-state index is 3.56. The van der Waals surface area contributed by atoms with Gasteiger partial charge in [-0.05, 0) is 93.7 Å². The summed E-state index contributed by atoms with van der Waals surface area (Å²) in [4.78, 5) is 0. The Morgan fingerprint density at radius 2 is 1.81 bits per heavy atom. The Kier molecular flexibility index (Phi) is 9.53. The van der Waals surface area contributed by atoms with Crippen LogP contribution in [0.3, 0.4) is 0 Å². The van der Waals surface area contributed by atoms with Gasteiger partial charge in [-0.25, -0.2) is 0 Å². The van der Waals surface area contributed by atoms with Gasteiger partial charge in [0.2, 0.25) is 0 Å². The van der Waals surface area contributed by atoms with Crippen LogP contribution in [0.4, 0.5) is 0 Å². The number of rotatable bonds is 2. The second-order valence-corrected chi connectivity index (χ2v) is 7.19. The predicted octanol–water partition coefficient (Wildman–Crippen LogP) is 7.48. The van der Waals surface area contributed by atoms with Gasteiger partial charge in [0.05, 0.1) is 0 Å². The Labute approximate surface area is 161 Å². The first-order valence-corrected chi connectivity index (χ1v) is 9.61. The second kappa shape index (κ2) is 11.4. The lowest BCUT2D eigenvalue weighted by atomic mass is 9.82. The second-order valence-electron chi connectivity index (χ2n) is 7.19. The largest absolute Gasteiger partial charge is 0.0988 e. The molecule has 0 heteroatoms. The van der Waals surface area contributed by atoms with Crippen molar-refractivity contribution in [3.63, 3.8) is 0 Å². The highest BCUT2D eigenvalue weighted by Crippen LogP contribution is 2.32. The number of benzene rings is 1. The molecule has 1 atom stereocenters. The van der Waals surface area contributed by atoms with Gasteiger partial charge >= 0.3 is 0 Å². The molecular formula is C26H34. The van der Waals surface area contributed by atoms with Crippen LogP contribution in [0.5, 0.6) is 0 Å². The zero-order valence-electron chi connectivity index (χ0n) is 17.3. The molecule has 0 aliphatic heterocycles. The third-order valence-electron chi connectivity index (χ3n) is 4.87. The van der Waals surface area contributed by atoms with Crippen LogP contribution in [0.15, 0.2) is 55.1 Å². The lowest BCUT2D eigenvalue weighted by Gasteiger charge is -2.22. The number of hydrogen-bond acceptors (Lipinski definition) is 0. The summed E-state index contributed by atoms with van der Waals surface area (Å²) in [6.07, 6.45) is 6.95. The molecule has 3 rings (SSSR count). The van der Waals surface area contributed by atoms with Crippen LogP contribution in [-0.4, -0.2) is 0 Å². The fraction of sp³-hybridized carbons (Fsp3) is 0.385. The number of allylic oxidation sites excluding steroid dienone is 2. The minimum absolute atomic E-state index is 0.791. The van der Waals surface area contributed by atoms with E-state index in [4.69, 9.17) is 0 Å². The number of fused-ring (bicyclic) bond motifs is 1. The fourth-order valence-corrected chi connectivity index (χ4v) is 3.03. The summed E-state index contributed by atoms with van der Waals surface area (Å²) >= 11 is 0. The Balaban J connectivity index is 0.000000214. The lowest BCUT2D eigenvalue weighted by molar-refractivity contribution is 0.540. The summed E-state index contributed by atoms with van der Waals surface area (Å²) in [7, 11) is 0. The molecule has 1 unspecified atom stereocenters. The summed E-state index contributed by atoms with van der Waals surface area (Å²) in [6, 6.07) is 16.8. The van der Waals surface area contributed by atoms with E-state index in [2.05, 4.69) is 83.3 Å². The van der Waals surface area contributed by atoms with E-state index in [9.17, 15) is 0 Å². The van der Waals surface area contributed by atoms with Crippen LogP contribution in [-0.2, 0) is 6.42 Å². The van der Waals surface area contributed by atoms with E-state index >= 15 is 0 Å². The highest BCUT2D eigenvalue weighted by atomic mass is 14.2. The Bertz CT molecular complexity index is 706. The zero-order chi connectivity index (χ0) is 19.5. The summed E-state index contributed by atoms with van der Waals surface area (Å²) in [5.41, 5.74) is 8.16. The average molecular weight is 347 g/mol. The van der Waals surface area contributed by atoms with Crippen molar-refractivity contribution < 1.29 is 0 Å². The molecule has 0 radical (unpaired) electrons. The molecule has 1 aliphatic rings. The Morgan fingerprint density at radius 1 is 1.15 bits per heavy atom. The van der Waals surface area contributed by atoms with Crippen molar-refractivity contribution in [1.29, 1.82) is 0 Å². The summed E-state index contributed by atoms with van der Waals surface area (Å²) in [5, 5.41) is 0. The molecule has 2 aromatic rings. The average Bonchev–Trinajstić information content (AvgIpc) is 2.65. The van der Waals surface area contributed by atoms with E-state index < -0.39 is 0 Å². The number of hydrogen-bond donors (Lipinski definition) is 0. The molecule has 0 amide bonds. The molecule has 0 saturated carbocycles. The van der Waals surface area contributed by atoms with Crippen molar-refractivity contribution in [1.82, 2.24) is 0 Å². The summed E-state index contributed by atoms with van der Waals surface area (Å²) in [5.74, 6) is 0.791. The first kappa shape index (κ1) is 21.8. The van der Waals surface area contributed by atoms with Crippen molar-refractivity contribution >= 4 is 0 Å². The zero-order valence-corrected chi connectivity index (χ0v) is 17.3. The minimum Gasteiger partial charge on any atom is -0.0988 e. The first-order valence-electron chi connectivity index (χ1n) is 9.61. The SMILES string of the molecule is C=CC(=C)C.CCC1CCCc2cc#ccc21.Cc1ccc(C)c(C)c1. The minimum atomic E-state index is 0.791. The number of aryl methyl sites for hydroxylation is 4. The van der Waals surface area contributed by atoms with Gasteiger partial charge < -0.3 is 0 Å². The fourth-order valence-electron chi connectivity index (χ4n) is 3.03. The molecule has 0 aromatic heterocycles. The molecule has 0 bridgehead atoms. The smallest absolute Gasteiger partial charge is 0.00774 e. The van der Waals surface area contributed by atoms with E-state index in [-0.39, 0.29) is 0 Å². The van der Waals surface area contributed by atoms with Gasteiger partial charge in [0, 0.05) is 0 Å². The van der Waals surface area contributed by atoms with Gasteiger partial charge in [0.15, 0.2) is 0 Å². The topological polar surface area (TPSA) is 0 Å².